The first-order valence-corrected chi connectivity index (χ1v) is 9.23. The number of carbonyl (C=O) groups excluding carboxylic acids is 3. The molecular formula is C18H23ClN4O3. The molecule has 1 atom stereocenters. The molecule has 0 bridgehead atoms. The van der Waals surface area contributed by atoms with Crippen LogP contribution in [0, 0.1) is 0 Å². The van der Waals surface area contributed by atoms with Crippen molar-refractivity contribution in [2.75, 3.05) is 45.8 Å². The van der Waals surface area contributed by atoms with Crippen molar-refractivity contribution in [3.05, 3.63) is 34.9 Å². The van der Waals surface area contributed by atoms with E-state index in [-0.39, 0.29) is 18.5 Å². The second-order valence-electron chi connectivity index (χ2n) is 6.44. The van der Waals surface area contributed by atoms with E-state index in [0.717, 1.165) is 5.56 Å². The van der Waals surface area contributed by atoms with Crippen LogP contribution in [0.1, 0.15) is 18.5 Å². The molecular weight excluding hydrogens is 356 g/mol. The van der Waals surface area contributed by atoms with Crippen LogP contribution >= 0.6 is 11.6 Å². The summed E-state index contributed by atoms with van der Waals surface area (Å²) in [4.78, 5) is 41.8. The third kappa shape index (κ3) is 3.68. The number of likely N-dealkylation sites (N-methyl/N-ethyl adjacent to an activating group) is 1. The summed E-state index contributed by atoms with van der Waals surface area (Å²) >= 11 is 6.31. The van der Waals surface area contributed by atoms with Crippen molar-refractivity contribution in [3.63, 3.8) is 0 Å². The van der Waals surface area contributed by atoms with E-state index in [4.69, 9.17) is 11.6 Å². The Balaban J connectivity index is 1.72. The Kier molecular flexibility index (Phi) is 5.78. The minimum atomic E-state index is -0.601. The number of piperazine rings is 2. The summed E-state index contributed by atoms with van der Waals surface area (Å²) in [6.45, 7) is 4.92. The van der Waals surface area contributed by atoms with E-state index in [0.29, 0.717) is 44.3 Å². The van der Waals surface area contributed by atoms with Gasteiger partial charge in [-0.15, -0.1) is 0 Å². The molecule has 2 aliphatic heterocycles. The van der Waals surface area contributed by atoms with Crippen LogP contribution in [-0.4, -0.2) is 78.2 Å². The van der Waals surface area contributed by atoms with E-state index in [1.165, 1.54) is 9.80 Å². The number of nitrogens with one attached hydrogen (secondary N) is 1. The van der Waals surface area contributed by atoms with Gasteiger partial charge in [0.25, 0.3) is 0 Å². The lowest BCUT2D eigenvalue weighted by molar-refractivity contribution is -0.158. The number of halogens is 1. The average Bonchev–Trinajstić information content (AvgIpc) is 2.66. The number of carbonyl (C=O) groups is 3. The van der Waals surface area contributed by atoms with E-state index in [1.54, 1.807) is 11.0 Å². The van der Waals surface area contributed by atoms with Crippen LogP contribution in [0.3, 0.4) is 0 Å². The molecule has 0 spiro atoms. The summed E-state index contributed by atoms with van der Waals surface area (Å²) in [7, 11) is 0. The zero-order valence-corrected chi connectivity index (χ0v) is 15.5. The van der Waals surface area contributed by atoms with Gasteiger partial charge < -0.3 is 20.0 Å². The zero-order valence-electron chi connectivity index (χ0n) is 14.8. The van der Waals surface area contributed by atoms with Crippen LogP contribution in [0.5, 0.6) is 0 Å². The van der Waals surface area contributed by atoms with Gasteiger partial charge in [-0.3, -0.25) is 14.4 Å². The van der Waals surface area contributed by atoms with Crippen molar-refractivity contribution in [1.29, 1.82) is 0 Å². The minimum absolute atomic E-state index is 0.0803. The van der Waals surface area contributed by atoms with E-state index in [1.807, 2.05) is 25.1 Å². The first-order chi connectivity index (χ1) is 12.5. The molecule has 8 heteroatoms. The molecule has 26 heavy (non-hydrogen) atoms. The lowest BCUT2D eigenvalue weighted by Gasteiger charge is -2.39. The van der Waals surface area contributed by atoms with E-state index in [2.05, 4.69) is 5.32 Å². The molecule has 2 aliphatic rings. The maximum atomic E-state index is 12.9. The molecule has 1 aromatic rings. The Morgan fingerprint density at radius 2 is 1.85 bits per heavy atom. The molecule has 1 unspecified atom stereocenters. The second-order valence-corrected chi connectivity index (χ2v) is 6.85. The van der Waals surface area contributed by atoms with Gasteiger partial charge in [0, 0.05) is 44.3 Å². The molecule has 3 amide bonds. The number of benzene rings is 1. The predicted molar refractivity (Wildman–Crippen MR) is 97.6 cm³/mol. The fraction of sp³-hybridized carbons (Fsp3) is 0.500. The molecule has 140 valence electrons. The maximum Gasteiger partial charge on any atom is 0.312 e. The number of hydrogen-bond donors (Lipinski definition) is 1. The van der Waals surface area contributed by atoms with Crippen LogP contribution < -0.4 is 5.32 Å². The molecule has 1 aromatic carbocycles. The third-order valence-electron chi connectivity index (χ3n) is 4.93. The SMILES string of the molecule is CCN1CCN(CC(=O)N2CCNCC2c2ccccc2Cl)C(=O)C1=O. The van der Waals surface area contributed by atoms with Gasteiger partial charge in [0.15, 0.2) is 0 Å². The smallest absolute Gasteiger partial charge is 0.312 e. The molecule has 0 radical (unpaired) electrons. The fourth-order valence-corrected chi connectivity index (χ4v) is 3.71. The molecule has 2 heterocycles. The van der Waals surface area contributed by atoms with Crippen molar-refractivity contribution >= 4 is 29.3 Å². The van der Waals surface area contributed by atoms with Crippen LogP contribution in [0.25, 0.3) is 0 Å². The Morgan fingerprint density at radius 3 is 2.58 bits per heavy atom. The Labute approximate surface area is 157 Å². The van der Waals surface area contributed by atoms with Gasteiger partial charge in [-0.2, -0.15) is 0 Å². The van der Waals surface area contributed by atoms with E-state index >= 15 is 0 Å². The molecule has 7 nitrogen and oxygen atoms in total. The van der Waals surface area contributed by atoms with Gasteiger partial charge in [0.1, 0.15) is 6.54 Å². The van der Waals surface area contributed by atoms with Gasteiger partial charge in [0.2, 0.25) is 5.91 Å². The highest BCUT2D eigenvalue weighted by Gasteiger charge is 2.35. The van der Waals surface area contributed by atoms with Gasteiger partial charge in [-0.1, -0.05) is 29.8 Å². The minimum Gasteiger partial charge on any atom is -0.333 e. The number of rotatable bonds is 4. The second kappa shape index (κ2) is 8.05. The van der Waals surface area contributed by atoms with Gasteiger partial charge in [-0.25, -0.2) is 0 Å². The number of amides is 3. The van der Waals surface area contributed by atoms with E-state index in [9.17, 15) is 14.4 Å². The maximum absolute atomic E-state index is 12.9. The van der Waals surface area contributed by atoms with Gasteiger partial charge >= 0.3 is 11.8 Å². The standard InChI is InChI=1S/C18H23ClN4O3/c1-2-21-9-10-22(18(26)17(21)25)12-16(24)23-8-7-20-11-15(23)13-5-3-4-6-14(13)19/h3-6,15,20H,2,7-12H2,1H3. The lowest BCUT2D eigenvalue weighted by atomic mass is 10.0. The highest BCUT2D eigenvalue weighted by Crippen LogP contribution is 2.28. The molecule has 0 aromatic heterocycles. The van der Waals surface area contributed by atoms with Gasteiger partial charge in [-0.05, 0) is 18.6 Å². The molecule has 0 aliphatic carbocycles. The summed E-state index contributed by atoms with van der Waals surface area (Å²) in [5, 5.41) is 3.90. The third-order valence-corrected chi connectivity index (χ3v) is 5.28. The van der Waals surface area contributed by atoms with E-state index < -0.39 is 11.8 Å². The predicted octanol–water partition coefficient (Wildman–Crippen LogP) is 0.504. The zero-order chi connectivity index (χ0) is 18.7. The van der Waals surface area contributed by atoms with Crippen LogP contribution in [0.2, 0.25) is 5.02 Å². The summed E-state index contributed by atoms with van der Waals surface area (Å²) in [5.74, 6) is -1.30. The topological polar surface area (TPSA) is 73.0 Å². The normalized spacial score (nSPS) is 21.3. The van der Waals surface area contributed by atoms with Crippen LogP contribution in [0.4, 0.5) is 0 Å². The highest BCUT2D eigenvalue weighted by atomic mass is 35.5. The molecule has 2 saturated heterocycles. The van der Waals surface area contributed by atoms with Gasteiger partial charge in [0.05, 0.1) is 6.04 Å². The number of nitrogens with zero attached hydrogens (tertiary/aromatic N) is 3. The molecule has 0 saturated carbocycles. The largest absolute Gasteiger partial charge is 0.333 e. The van der Waals surface area contributed by atoms with Crippen molar-refractivity contribution in [1.82, 2.24) is 20.0 Å². The van der Waals surface area contributed by atoms with Crippen molar-refractivity contribution in [2.24, 2.45) is 0 Å². The molecule has 2 fully saturated rings. The van der Waals surface area contributed by atoms with Crippen molar-refractivity contribution in [2.45, 2.75) is 13.0 Å². The summed E-state index contributed by atoms with van der Waals surface area (Å²) in [6.07, 6.45) is 0. The Morgan fingerprint density at radius 1 is 1.15 bits per heavy atom. The first-order valence-electron chi connectivity index (χ1n) is 8.85. The Bertz CT molecular complexity index is 711. The molecule has 3 rings (SSSR count). The lowest BCUT2D eigenvalue weighted by Crippen LogP contribution is -2.58. The Hall–Kier alpha value is -2.12. The monoisotopic (exact) mass is 378 g/mol. The van der Waals surface area contributed by atoms with Crippen LogP contribution in [-0.2, 0) is 14.4 Å². The average molecular weight is 379 g/mol. The van der Waals surface area contributed by atoms with Crippen LogP contribution in [0.15, 0.2) is 24.3 Å². The summed E-state index contributed by atoms with van der Waals surface area (Å²) < 4.78 is 0. The summed E-state index contributed by atoms with van der Waals surface area (Å²) in [6, 6.07) is 7.28. The highest BCUT2D eigenvalue weighted by molar-refractivity contribution is 6.35. The number of hydrogen-bond acceptors (Lipinski definition) is 4. The van der Waals surface area contributed by atoms with Crippen molar-refractivity contribution < 1.29 is 14.4 Å². The quantitative estimate of drug-likeness (QED) is 0.774. The van der Waals surface area contributed by atoms with Crippen molar-refractivity contribution in [3.8, 4) is 0 Å². The fourth-order valence-electron chi connectivity index (χ4n) is 3.45. The molecule has 1 N–H and O–H groups in total. The summed E-state index contributed by atoms with van der Waals surface area (Å²) in [5.41, 5.74) is 0.882. The first kappa shape index (κ1) is 18.7.